The second-order valence-electron chi connectivity index (χ2n) is 9.61. The quantitative estimate of drug-likeness (QED) is 0.247. The predicted molar refractivity (Wildman–Crippen MR) is 157 cm³/mol. The molecule has 0 spiro atoms. The van der Waals surface area contributed by atoms with Crippen LogP contribution in [0.15, 0.2) is 103 Å². The molecule has 0 unspecified atom stereocenters. The van der Waals surface area contributed by atoms with Gasteiger partial charge in [0.1, 0.15) is 36.2 Å². The molecule has 5 aromatic rings. The van der Waals surface area contributed by atoms with Crippen molar-refractivity contribution in [2.45, 2.75) is 19.6 Å². The number of benzene rings is 4. The highest BCUT2D eigenvalue weighted by molar-refractivity contribution is 6.06. The molecule has 206 valence electrons. The van der Waals surface area contributed by atoms with Crippen molar-refractivity contribution in [3.05, 3.63) is 114 Å². The van der Waals surface area contributed by atoms with Gasteiger partial charge in [-0.05, 0) is 53.1 Å². The summed E-state index contributed by atoms with van der Waals surface area (Å²) in [4.78, 5) is 18.2. The van der Waals surface area contributed by atoms with Gasteiger partial charge in [-0.1, -0.05) is 54.6 Å². The maximum Gasteiger partial charge on any atom is 0.255 e. The number of hydrogen-bond donors (Lipinski definition) is 2. The molecule has 0 aliphatic carbocycles. The van der Waals surface area contributed by atoms with E-state index in [1.165, 1.54) is 11.7 Å². The molecule has 2 N–H and O–H groups in total. The Labute approximate surface area is 237 Å². The van der Waals surface area contributed by atoms with E-state index in [2.05, 4.69) is 45.0 Å². The molecule has 9 nitrogen and oxygen atoms in total. The monoisotopic (exact) mass is 547 g/mol. The van der Waals surface area contributed by atoms with Crippen LogP contribution in [0, 0.1) is 0 Å². The summed E-state index contributed by atoms with van der Waals surface area (Å²) in [5, 5.41) is 13.0. The number of allylic oxidation sites excluding steroid dienone is 1. The number of rotatable bonds is 8. The number of ether oxygens (including phenoxy) is 3. The molecular weight excluding hydrogens is 518 g/mol. The zero-order valence-corrected chi connectivity index (χ0v) is 22.9. The summed E-state index contributed by atoms with van der Waals surface area (Å²) in [6.07, 6.45) is 1.47. The van der Waals surface area contributed by atoms with E-state index in [9.17, 15) is 4.79 Å². The summed E-state index contributed by atoms with van der Waals surface area (Å²) >= 11 is 0. The first-order valence-corrected chi connectivity index (χ1v) is 13.2. The average Bonchev–Trinajstić information content (AvgIpc) is 3.47. The molecule has 1 aliphatic heterocycles. The molecule has 0 saturated carbocycles. The smallest absolute Gasteiger partial charge is 0.255 e. The first kappa shape index (κ1) is 25.9. The molecule has 1 atom stereocenters. The number of anilines is 2. The van der Waals surface area contributed by atoms with E-state index in [0.717, 1.165) is 16.5 Å². The van der Waals surface area contributed by atoms with Crippen molar-refractivity contribution in [3.8, 4) is 17.2 Å². The lowest BCUT2D eigenvalue weighted by Crippen LogP contribution is -2.31. The summed E-state index contributed by atoms with van der Waals surface area (Å²) < 4.78 is 18.8. The van der Waals surface area contributed by atoms with E-state index in [-0.39, 0.29) is 5.91 Å². The zero-order valence-electron chi connectivity index (χ0n) is 22.9. The summed E-state index contributed by atoms with van der Waals surface area (Å²) in [5.74, 6) is 2.03. The fourth-order valence-electron chi connectivity index (χ4n) is 5.15. The number of methoxy groups -OCH3 is 2. The Balaban J connectivity index is 1.32. The van der Waals surface area contributed by atoms with Crippen LogP contribution in [-0.4, -0.2) is 34.9 Å². The van der Waals surface area contributed by atoms with Crippen molar-refractivity contribution >= 4 is 28.3 Å². The highest BCUT2D eigenvalue weighted by atomic mass is 16.5. The second kappa shape index (κ2) is 11.1. The Morgan fingerprint density at radius 3 is 2.63 bits per heavy atom. The van der Waals surface area contributed by atoms with Gasteiger partial charge in [0, 0.05) is 11.8 Å². The number of amides is 1. The summed E-state index contributed by atoms with van der Waals surface area (Å²) in [7, 11) is 3.13. The van der Waals surface area contributed by atoms with E-state index in [4.69, 9.17) is 14.2 Å². The van der Waals surface area contributed by atoms with E-state index in [1.54, 1.807) is 37.1 Å². The van der Waals surface area contributed by atoms with Gasteiger partial charge in [0.25, 0.3) is 5.91 Å². The number of nitrogens with one attached hydrogen (secondary N) is 2. The minimum absolute atomic E-state index is 0.310. The SMILES string of the molecule is COc1ccc(OC)c(NC(=O)C2=C(C)Nc3ncnn3[C@H]2c2cccc(OCc3cccc4ccccc34)c2)c1. The highest BCUT2D eigenvalue weighted by Gasteiger charge is 2.34. The first-order valence-electron chi connectivity index (χ1n) is 13.2. The minimum atomic E-state index is -0.550. The Morgan fingerprint density at radius 1 is 0.951 bits per heavy atom. The normalized spacial score (nSPS) is 14.3. The topological polar surface area (TPSA) is 99.5 Å². The molecule has 1 aromatic heterocycles. The Hall–Kier alpha value is -5.31. The second-order valence-corrected chi connectivity index (χ2v) is 9.61. The summed E-state index contributed by atoms with van der Waals surface area (Å²) in [6, 6.07) is 26.9. The molecule has 1 aliphatic rings. The molecule has 0 fully saturated rings. The number of fused-ring (bicyclic) bond motifs is 2. The van der Waals surface area contributed by atoms with Crippen LogP contribution in [0.1, 0.15) is 24.1 Å². The van der Waals surface area contributed by atoms with Crippen molar-refractivity contribution in [2.75, 3.05) is 24.9 Å². The van der Waals surface area contributed by atoms with Gasteiger partial charge in [-0.25, -0.2) is 4.68 Å². The fourth-order valence-corrected chi connectivity index (χ4v) is 5.15. The van der Waals surface area contributed by atoms with E-state index >= 15 is 0 Å². The molecule has 0 radical (unpaired) electrons. The highest BCUT2D eigenvalue weighted by Crippen LogP contribution is 2.37. The van der Waals surface area contributed by atoms with Gasteiger partial charge in [0.2, 0.25) is 5.95 Å². The Morgan fingerprint density at radius 2 is 1.78 bits per heavy atom. The first-order chi connectivity index (χ1) is 20.1. The number of nitrogens with zero attached hydrogens (tertiary/aromatic N) is 3. The molecule has 41 heavy (non-hydrogen) atoms. The van der Waals surface area contributed by atoms with Crippen LogP contribution in [0.3, 0.4) is 0 Å². The summed E-state index contributed by atoms with van der Waals surface area (Å²) in [6.45, 7) is 2.26. The van der Waals surface area contributed by atoms with Crippen LogP contribution in [0.5, 0.6) is 17.2 Å². The third-order valence-corrected chi connectivity index (χ3v) is 7.14. The Bertz CT molecular complexity index is 1770. The van der Waals surface area contributed by atoms with Gasteiger partial charge in [-0.15, -0.1) is 0 Å². The minimum Gasteiger partial charge on any atom is -0.497 e. The van der Waals surface area contributed by atoms with Crippen molar-refractivity contribution < 1.29 is 19.0 Å². The van der Waals surface area contributed by atoms with Crippen LogP contribution in [-0.2, 0) is 11.4 Å². The molecular formula is C32H29N5O4. The average molecular weight is 548 g/mol. The molecule has 4 aromatic carbocycles. The lowest BCUT2D eigenvalue weighted by atomic mass is 9.94. The third-order valence-electron chi connectivity index (χ3n) is 7.14. The van der Waals surface area contributed by atoms with Gasteiger partial charge in [0.05, 0.1) is 25.5 Å². The number of aromatic nitrogens is 3. The van der Waals surface area contributed by atoms with Crippen molar-refractivity contribution in [3.63, 3.8) is 0 Å². The van der Waals surface area contributed by atoms with Crippen LogP contribution in [0.2, 0.25) is 0 Å². The van der Waals surface area contributed by atoms with Gasteiger partial charge in [-0.3, -0.25) is 4.79 Å². The van der Waals surface area contributed by atoms with Crippen LogP contribution in [0.25, 0.3) is 10.8 Å². The lowest BCUT2D eigenvalue weighted by molar-refractivity contribution is -0.113. The van der Waals surface area contributed by atoms with Crippen molar-refractivity contribution in [1.82, 2.24) is 14.8 Å². The van der Waals surface area contributed by atoms with E-state index in [0.29, 0.717) is 46.8 Å². The molecule has 0 bridgehead atoms. The van der Waals surface area contributed by atoms with Crippen LogP contribution >= 0.6 is 0 Å². The Kier molecular flexibility index (Phi) is 6.99. The van der Waals surface area contributed by atoms with Gasteiger partial charge in [0.15, 0.2) is 0 Å². The number of hydrogen-bond acceptors (Lipinski definition) is 7. The molecule has 1 amide bonds. The fraction of sp³-hybridized carbons (Fsp3) is 0.156. The van der Waals surface area contributed by atoms with E-state index in [1.807, 2.05) is 49.4 Å². The number of carbonyl (C=O) groups is 1. The number of carbonyl (C=O) groups excluding carboxylic acids is 1. The summed E-state index contributed by atoms with van der Waals surface area (Å²) in [5.41, 5.74) is 3.57. The van der Waals surface area contributed by atoms with Gasteiger partial charge < -0.3 is 24.8 Å². The standard InChI is InChI=1S/C32H29N5O4/c1-20-29(31(38)36-27-17-24(39-2)14-15-28(27)40-3)30(37-32(35-20)33-19-34-37)22-10-7-12-25(16-22)41-18-23-11-6-9-21-8-4-5-13-26(21)23/h4-17,19,30H,18H2,1-3H3,(H,36,38)(H,33,34,35)/t30-/m0/s1. The van der Waals surface area contributed by atoms with E-state index < -0.39 is 6.04 Å². The van der Waals surface area contributed by atoms with Crippen molar-refractivity contribution in [1.29, 1.82) is 0 Å². The predicted octanol–water partition coefficient (Wildman–Crippen LogP) is 5.96. The van der Waals surface area contributed by atoms with Crippen molar-refractivity contribution in [2.24, 2.45) is 0 Å². The third kappa shape index (κ3) is 5.05. The largest absolute Gasteiger partial charge is 0.497 e. The van der Waals surface area contributed by atoms with Crippen LogP contribution < -0.4 is 24.8 Å². The molecule has 6 rings (SSSR count). The van der Waals surface area contributed by atoms with Gasteiger partial charge >= 0.3 is 0 Å². The molecule has 0 saturated heterocycles. The van der Waals surface area contributed by atoms with Crippen LogP contribution in [0.4, 0.5) is 11.6 Å². The van der Waals surface area contributed by atoms with Gasteiger partial charge in [-0.2, -0.15) is 10.1 Å². The maximum absolute atomic E-state index is 13.9. The molecule has 2 heterocycles. The molecule has 9 heteroatoms. The zero-order chi connectivity index (χ0) is 28.3. The lowest BCUT2D eigenvalue weighted by Gasteiger charge is -2.29. The maximum atomic E-state index is 13.9.